The number of carbonyl (C=O) groups excluding carboxylic acids is 17. The van der Waals surface area contributed by atoms with Gasteiger partial charge in [0.1, 0.15) is 44.0 Å². The largest absolute Gasteiger partial charge is 0.480 e. The molecule has 646 valence electrons. The van der Waals surface area contributed by atoms with E-state index in [1.54, 1.807) is 6.92 Å². The van der Waals surface area contributed by atoms with Crippen LogP contribution in [0.4, 0.5) is 18.9 Å². The van der Waals surface area contributed by atoms with Crippen molar-refractivity contribution in [1.29, 1.82) is 0 Å². The van der Waals surface area contributed by atoms with Gasteiger partial charge in [-0.2, -0.15) is 0 Å². The predicted molar refractivity (Wildman–Crippen MR) is 411 cm³/mol. The van der Waals surface area contributed by atoms with Crippen molar-refractivity contribution in [2.45, 2.75) is 108 Å². The lowest BCUT2D eigenvalue weighted by Gasteiger charge is -2.63. The Morgan fingerprint density at radius 1 is 0.597 bits per heavy atom. The van der Waals surface area contributed by atoms with Gasteiger partial charge < -0.3 is 89.4 Å². The number of allylic oxidation sites excluding steroid dienone is 4. The first-order chi connectivity index (χ1) is 55.6. The fraction of sp³-hybridized carbons (Fsp3) is 0.544. The number of carbonyl (C=O) groups is 18. The van der Waals surface area contributed by atoms with Gasteiger partial charge in [-0.05, 0) is 99.9 Å². The molecule has 4 fully saturated rings. The summed E-state index contributed by atoms with van der Waals surface area (Å²) in [5.74, 6) is -16.3. The highest BCUT2D eigenvalue weighted by atomic mass is 19.1. The van der Waals surface area contributed by atoms with Crippen molar-refractivity contribution in [2.24, 2.45) is 22.7 Å². The minimum atomic E-state index is -2.51. The van der Waals surface area contributed by atoms with E-state index in [4.69, 9.17) is 19.3 Å². The topological polar surface area (TPSA) is 447 Å². The lowest BCUT2D eigenvalue weighted by molar-refractivity contribution is -0.235. The third kappa shape index (κ3) is 20.4. The zero-order valence-electron chi connectivity index (χ0n) is 68.6. The Balaban J connectivity index is 0.779. The summed E-state index contributed by atoms with van der Waals surface area (Å²) in [5.41, 5.74) is -7.60. The first-order valence-electron chi connectivity index (χ1n) is 38.0. The number of hydrogen-bond donors (Lipinski definition) is 5. The van der Waals surface area contributed by atoms with Crippen LogP contribution >= 0.6 is 0 Å². The molecule has 12 atom stereocenters. The number of Topliss-reactive ketones (excluding diaryl/α,β-unsaturated/α-hetero) is 1. The number of aryl methyl sites for hydroxylation is 1. The maximum atomic E-state index is 18.1. The van der Waals surface area contributed by atoms with Crippen LogP contribution in [0.1, 0.15) is 81.2 Å². The number of anilines is 1. The van der Waals surface area contributed by atoms with E-state index in [1.165, 1.54) is 134 Å². The molecule has 0 aromatic heterocycles. The first kappa shape index (κ1) is 92.9. The van der Waals surface area contributed by atoms with Crippen molar-refractivity contribution in [2.75, 3.05) is 154 Å². The molecule has 2 aliphatic heterocycles. The zero-order valence-corrected chi connectivity index (χ0v) is 68.6. The standard InChI is InChI=1S/C79H101F3N14O23/c1-44(72(114)83-43-117-42-57(99)79-58(118-75(119-79)47-16-15-17-48(80)26-47)30-52-53-29-55(81)54-28-50(97)24-25-76(54,3)78(53,82)56(98)31-77(52,79)4)85-73(115)45(2)84-59(100)21-19-46-18-20-49(96-60(101)22-23-61(96)102)27-51(46)74(116)95(14)40-70(111)93(12)38-68(109)91(10)36-66(107)89(8)34-64(105)87(6)32-62(103)86(5)33-63(104)88(7)35-65(106)90(9)37-67(108)92(11)39-69(110)94(13)41-71(112)113/h15-18,20,22-28,44-45,52-53,55-56,58,75,98H,19,21,29-43H2,1-14H3,(H,83,114)(H,84,100)(H,85,115)(H,112,113)/t44-,45-,52-,53-,55-,56-,58+,75+,76-,77-,78-,79+/m0/s1. The van der Waals surface area contributed by atoms with E-state index < -0.39 is 274 Å². The van der Waals surface area contributed by atoms with Gasteiger partial charge in [-0.1, -0.05) is 31.2 Å². The van der Waals surface area contributed by atoms with Gasteiger partial charge in [0.15, 0.2) is 29.1 Å². The average molecular weight is 1670 g/mol. The molecular weight excluding hydrogens is 1570 g/mol. The van der Waals surface area contributed by atoms with Crippen molar-refractivity contribution < 1.29 is 124 Å². The molecule has 0 spiro atoms. The van der Waals surface area contributed by atoms with Crippen LogP contribution in [0.15, 0.2) is 78.4 Å². The minimum absolute atomic E-state index is 0.0411. The van der Waals surface area contributed by atoms with Crippen molar-refractivity contribution in [3.05, 3.63) is 101 Å². The highest BCUT2D eigenvalue weighted by Gasteiger charge is 2.80. The van der Waals surface area contributed by atoms with Crippen LogP contribution in [0.2, 0.25) is 0 Å². The number of halogens is 3. The maximum absolute atomic E-state index is 18.1. The number of amides is 15. The maximum Gasteiger partial charge on any atom is 0.323 e. The number of carboxylic acids is 1. The highest BCUT2D eigenvalue weighted by Crippen LogP contribution is 2.73. The molecular formula is C79H101F3N14O23. The van der Waals surface area contributed by atoms with Crippen molar-refractivity contribution in [3.8, 4) is 0 Å². The van der Waals surface area contributed by atoms with Gasteiger partial charge in [0.25, 0.3) is 17.7 Å². The van der Waals surface area contributed by atoms with E-state index in [9.17, 15) is 95.8 Å². The normalized spacial score (nSPS) is 23.5. The Hall–Kier alpha value is -11.7. The summed E-state index contributed by atoms with van der Waals surface area (Å²) in [4.78, 5) is 247. The van der Waals surface area contributed by atoms with Gasteiger partial charge in [0, 0.05) is 117 Å². The number of imide groups is 1. The number of benzene rings is 2. The second-order valence-electron chi connectivity index (χ2n) is 31.4. The number of hydrogen-bond acceptors (Lipinski definition) is 22. The molecule has 6 aliphatic rings. The zero-order chi connectivity index (χ0) is 88.6. The summed E-state index contributed by atoms with van der Waals surface area (Å²) in [6, 6.07) is 6.66. The predicted octanol–water partition coefficient (Wildman–Crippen LogP) is -2.08. The summed E-state index contributed by atoms with van der Waals surface area (Å²) in [7, 11) is 12.6. The monoisotopic (exact) mass is 1670 g/mol. The van der Waals surface area contributed by atoms with E-state index in [0.717, 1.165) is 84.3 Å². The molecule has 2 heterocycles. The summed E-state index contributed by atoms with van der Waals surface area (Å²) in [6.45, 7) is -1.24. The molecule has 119 heavy (non-hydrogen) atoms. The number of carboxylic acid groups (broad SMARTS) is 1. The molecule has 5 N–H and O–H groups in total. The number of alkyl halides is 2. The van der Waals surface area contributed by atoms with E-state index in [0.29, 0.717) is 0 Å². The number of ketones is 2. The van der Waals surface area contributed by atoms with Crippen LogP contribution in [0.25, 0.3) is 0 Å². The number of nitrogens with zero attached hydrogens (tertiary/aromatic N) is 11. The molecule has 8 rings (SSSR count). The molecule has 4 aliphatic carbocycles. The molecule has 37 nitrogen and oxygen atoms in total. The number of nitrogens with one attached hydrogen (secondary N) is 3. The average Bonchev–Trinajstić information content (AvgIpc) is 1.53. The highest BCUT2D eigenvalue weighted by molar-refractivity contribution is 6.28. The lowest BCUT2D eigenvalue weighted by atomic mass is 9.44. The molecule has 0 bridgehead atoms. The number of likely N-dealkylation sites (N-methyl/N-ethyl adjacent to an activating group) is 10. The summed E-state index contributed by atoms with van der Waals surface area (Å²) < 4.78 is 67.7. The molecule has 0 unspecified atom stereocenters. The Morgan fingerprint density at radius 2 is 1.06 bits per heavy atom. The molecule has 2 aromatic rings. The quantitative estimate of drug-likeness (QED) is 0.0281. The van der Waals surface area contributed by atoms with E-state index in [1.807, 2.05) is 0 Å². The number of fused-ring (bicyclic) bond motifs is 7. The smallest absolute Gasteiger partial charge is 0.323 e. The molecule has 3 saturated carbocycles. The fourth-order valence-corrected chi connectivity index (χ4v) is 15.8. The van der Waals surface area contributed by atoms with Crippen LogP contribution in [-0.2, 0) is 102 Å². The summed E-state index contributed by atoms with van der Waals surface area (Å²) in [6.07, 6.45) is -2.01. The minimum Gasteiger partial charge on any atom is -0.480 e. The van der Waals surface area contributed by atoms with Crippen LogP contribution in [0.5, 0.6) is 0 Å². The van der Waals surface area contributed by atoms with Crippen LogP contribution < -0.4 is 20.9 Å². The lowest BCUT2D eigenvalue weighted by Crippen LogP contribution is -2.70. The van der Waals surface area contributed by atoms with Gasteiger partial charge in [0.05, 0.1) is 76.8 Å². The number of aliphatic hydroxyl groups is 1. The summed E-state index contributed by atoms with van der Waals surface area (Å²) >= 11 is 0. The second-order valence-corrected chi connectivity index (χ2v) is 31.4. The first-order valence-corrected chi connectivity index (χ1v) is 38.0. The van der Waals surface area contributed by atoms with Crippen molar-refractivity contribution in [3.63, 3.8) is 0 Å². The molecule has 40 heteroatoms. The third-order valence-corrected chi connectivity index (χ3v) is 22.9. The Bertz CT molecular complexity index is 4510. The SMILES string of the molecule is C[C@H](NC(=O)CCc1ccc(N2C(=O)C=CC2=O)cc1C(=O)N(C)CC(=O)N(C)CC(=O)N(C)CC(=O)N(C)CC(=O)N(C)CC(=O)N(C)CC(=O)N(C)CC(=O)N(C)CC(=O)N(C)CC(=O)N(C)CC(=O)O)C(=O)N[C@@H](C)C(=O)NCOCC(=O)[C@@]12O[C@H](c3cccc(F)c3)O[C@@H]1C[C@H]1[C@@H]3C[C@H](F)C4=CC(=O)C=C[C@]4(C)[C@@]3(F)[C@@H](O)C[C@@]12C. The number of aliphatic hydroxyl groups excluding tert-OH is 1. The van der Waals surface area contributed by atoms with Gasteiger partial charge >= 0.3 is 5.97 Å². The molecule has 2 aromatic carbocycles. The van der Waals surface area contributed by atoms with Gasteiger partial charge in [-0.25, -0.2) is 18.1 Å². The van der Waals surface area contributed by atoms with Crippen LogP contribution in [0, 0.1) is 28.5 Å². The van der Waals surface area contributed by atoms with E-state index in [2.05, 4.69) is 16.0 Å². The van der Waals surface area contributed by atoms with E-state index >= 15 is 8.78 Å². The molecule has 0 radical (unpaired) electrons. The van der Waals surface area contributed by atoms with Gasteiger partial charge in [-0.3, -0.25) is 86.3 Å². The van der Waals surface area contributed by atoms with Crippen LogP contribution in [-0.4, -0.2) is 356 Å². The number of aliphatic carboxylic acids is 1. The van der Waals surface area contributed by atoms with Gasteiger partial charge in [0.2, 0.25) is 70.9 Å². The number of rotatable bonds is 35. The van der Waals surface area contributed by atoms with Crippen molar-refractivity contribution in [1.82, 2.24) is 64.9 Å². The second kappa shape index (κ2) is 38.0. The van der Waals surface area contributed by atoms with Crippen LogP contribution in [0.3, 0.4) is 0 Å². The summed E-state index contributed by atoms with van der Waals surface area (Å²) in [5, 5.41) is 28.4. The van der Waals surface area contributed by atoms with Crippen molar-refractivity contribution >= 4 is 112 Å². The van der Waals surface area contributed by atoms with E-state index in [-0.39, 0.29) is 47.2 Å². The molecule has 1 saturated heterocycles. The third-order valence-electron chi connectivity index (χ3n) is 22.9. The number of ether oxygens (including phenoxy) is 3. The molecule has 15 amide bonds. The Kier molecular flexibility index (Phi) is 29.6. The fourth-order valence-electron chi connectivity index (χ4n) is 15.8. The Labute approximate surface area is 683 Å². The van der Waals surface area contributed by atoms with Gasteiger partial charge in [-0.15, -0.1) is 0 Å². The Morgan fingerprint density at radius 3 is 1.53 bits per heavy atom.